The first-order valence-corrected chi connectivity index (χ1v) is 6.92. The maximum atomic E-state index is 11.9. The van der Waals surface area contributed by atoms with Crippen LogP contribution in [0.1, 0.15) is 19.4 Å². The molecule has 0 atom stereocenters. The third kappa shape index (κ3) is 3.15. The lowest BCUT2D eigenvalue weighted by molar-refractivity contribution is -0.122. The second-order valence-electron chi connectivity index (χ2n) is 4.23. The quantitative estimate of drug-likeness (QED) is 0.788. The largest absolute Gasteiger partial charge is 0.293 e. The van der Waals surface area contributed by atoms with Gasteiger partial charge in [0, 0.05) is 6.54 Å². The average Bonchev–Trinajstić information content (AvgIpc) is 2.65. The number of carbonyl (C=O) groups excluding carboxylic acids is 2. The Hall–Kier alpha value is -1.81. The summed E-state index contributed by atoms with van der Waals surface area (Å²) in [7, 11) is 0. The van der Waals surface area contributed by atoms with Crippen molar-refractivity contribution in [3.05, 3.63) is 52.4 Å². The maximum Gasteiger partial charge on any atom is 0.293 e. The predicted molar refractivity (Wildman–Crippen MR) is 78.6 cm³/mol. The fourth-order valence-corrected chi connectivity index (χ4v) is 2.79. The molecule has 19 heavy (non-hydrogen) atoms. The standard InChI is InChI=1S/C15H15NO2S/c1-3-16-14(17)13(19-15(16)18)10-11(2)9-12-7-5-4-6-8-12/h4-10H,3H2,1-2H3/b11-9+,13-10-. The van der Waals surface area contributed by atoms with Gasteiger partial charge in [-0.1, -0.05) is 36.4 Å². The van der Waals surface area contributed by atoms with E-state index in [4.69, 9.17) is 0 Å². The molecule has 1 saturated heterocycles. The number of carbonyl (C=O) groups is 2. The van der Waals surface area contributed by atoms with Gasteiger partial charge < -0.3 is 0 Å². The number of amides is 2. The summed E-state index contributed by atoms with van der Waals surface area (Å²) in [6, 6.07) is 9.87. The summed E-state index contributed by atoms with van der Waals surface area (Å²) in [5.74, 6) is -0.196. The van der Waals surface area contributed by atoms with Gasteiger partial charge in [-0.25, -0.2) is 0 Å². The molecule has 1 aliphatic rings. The van der Waals surface area contributed by atoms with Gasteiger partial charge in [0.1, 0.15) is 0 Å². The number of hydrogen-bond donors (Lipinski definition) is 0. The van der Waals surface area contributed by atoms with Crippen LogP contribution in [0.15, 0.2) is 46.9 Å². The number of nitrogens with zero attached hydrogens (tertiary/aromatic N) is 1. The Morgan fingerprint density at radius 2 is 1.95 bits per heavy atom. The van der Waals surface area contributed by atoms with Crippen LogP contribution in [0, 0.1) is 0 Å². The fraction of sp³-hybridized carbons (Fsp3) is 0.200. The van der Waals surface area contributed by atoms with Crippen LogP contribution >= 0.6 is 11.8 Å². The highest BCUT2D eigenvalue weighted by molar-refractivity contribution is 8.18. The van der Waals surface area contributed by atoms with Gasteiger partial charge in [0.15, 0.2) is 0 Å². The lowest BCUT2D eigenvalue weighted by Gasteiger charge is -2.06. The van der Waals surface area contributed by atoms with Crippen molar-refractivity contribution in [1.29, 1.82) is 0 Å². The number of benzene rings is 1. The molecule has 1 aliphatic heterocycles. The SMILES string of the molecule is CCN1C(=O)S/C(=C\C(C)=C\c2ccccc2)C1=O. The molecule has 0 bridgehead atoms. The van der Waals surface area contributed by atoms with Crippen molar-refractivity contribution in [3.8, 4) is 0 Å². The molecular weight excluding hydrogens is 258 g/mol. The minimum atomic E-state index is -0.196. The molecule has 3 nitrogen and oxygen atoms in total. The average molecular weight is 273 g/mol. The number of likely N-dealkylation sites (N-methyl/N-ethyl adjacent to an activating group) is 1. The zero-order chi connectivity index (χ0) is 13.8. The van der Waals surface area contributed by atoms with E-state index in [1.807, 2.05) is 43.3 Å². The summed E-state index contributed by atoms with van der Waals surface area (Å²) in [5.41, 5.74) is 2.03. The fourth-order valence-electron chi connectivity index (χ4n) is 1.83. The molecule has 2 rings (SSSR count). The van der Waals surface area contributed by atoms with Crippen molar-refractivity contribution in [2.24, 2.45) is 0 Å². The lowest BCUT2D eigenvalue weighted by Crippen LogP contribution is -2.27. The summed E-state index contributed by atoms with van der Waals surface area (Å²) < 4.78 is 0. The molecule has 0 aromatic heterocycles. The first-order valence-electron chi connectivity index (χ1n) is 6.10. The Morgan fingerprint density at radius 1 is 1.26 bits per heavy atom. The summed E-state index contributed by atoms with van der Waals surface area (Å²) in [4.78, 5) is 25.3. The molecule has 1 aromatic carbocycles. The molecule has 0 aliphatic carbocycles. The topological polar surface area (TPSA) is 37.4 Å². The zero-order valence-electron chi connectivity index (χ0n) is 10.9. The molecule has 0 spiro atoms. The molecule has 4 heteroatoms. The first-order chi connectivity index (χ1) is 9.11. The minimum absolute atomic E-state index is 0.189. The van der Waals surface area contributed by atoms with Crippen LogP contribution in [0.4, 0.5) is 4.79 Å². The minimum Gasteiger partial charge on any atom is -0.269 e. The van der Waals surface area contributed by atoms with E-state index in [0.717, 1.165) is 22.9 Å². The van der Waals surface area contributed by atoms with Gasteiger partial charge in [-0.2, -0.15) is 0 Å². The third-order valence-corrected chi connectivity index (χ3v) is 3.65. The van der Waals surface area contributed by atoms with Crippen molar-refractivity contribution in [2.75, 3.05) is 6.54 Å². The van der Waals surface area contributed by atoms with Gasteiger partial charge in [-0.15, -0.1) is 0 Å². The third-order valence-electron chi connectivity index (χ3n) is 2.74. The number of allylic oxidation sites excluding steroid dienone is 2. The highest BCUT2D eigenvalue weighted by Crippen LogP contribution is 2.31. The van der Waals surface area contributed by atoms with E-state index >= 15 is 0 Å². The Balaban J connectivity index is 2.21. The maximum absolute atomic E-state index is 11.9. The van der Waals surface area contributed by atoms with Crippen molar-refractivity contribution in [2.45, 2.75) is 13.8 Å². The van der Waals surface area contributed by atoms with E-state index in [-0.39, 0.29) is 11.1 Å². The molecular formula is C15H15NO2S. The highest BCUT2D eigenvalue weighted by Gasteiger charge is 2.33. The first kappa shape index (κ1) is 13.6. The number of hydrogen-bond acceptors (Lipinski definition) is 3. The normalized spacial score (nSPS) is 18.5. The summed E-state index contributed by atoms with van der Waals surface area (Å²) in [6.07, 6.45) is 3.76. The molecule has 0 radical (unpaired) electrons. The van der Waals surface area contributed by atoms with Crippen LogP contribution in [0.2, 0.25) is 0 Å². The van der Waals surface area contributed by atoms with E-state index in [0.29, 0.717) is 11.4 Å². The Kier molecular flexibility index (Phi) is 4.22. The summed E-state index contributed by atoms with van der Waals surface area (Å²) >= 11 is 1.00. The highest BCUT2D eigenvalue weighted by atomic mass is 32.2. The van der Waals surface area contributed by atoms with Crippen LogP contribution in [-0.2, 0) is 4.79 Å². The van der Waals surface area contributed by atoms with Gasteiger partial charge in [-0.3, -0.25) is 14.5 Å². The predicted octanol–water partition coefficient (Wildman–Crippen LogP) is 3.69. The summed E-state index contributed by atoms with van der Waals surface area (Å²) in [5, 5.41) is -0.189. The molecule has 2 amide bonds. The Labute approximate surface area is 117 Å². The van der Waals surface area contributed by atoms with Crippen LogP contribution in [0.25, 0.3) is 6.08 Å². The zero-order valence-corrected chi connectivity index (χ0v) is 11.7. The van der Waals surface area contributed by atoms with Crippen molar-refractivity contribution < 1.29 is 9.59 Å². The second kappa shape index (κ2) is 5.89. The number of imide groups is 1. The van der Waals surface area contributed by atoms with Crippen molar-refractivity contribution >= 4 is 29.0 Å². The van der Waals surface area contributed by atoms with Gasteiger partial charge in [-0.05, 0) is 42.8 Å². The van der Waals surface area contributed by atoms with E-state index < -0.39 is 0 Å². The second-order valence-corrected chi connectivity index (χ2v) is 5.22. The van der Waals surface area contributed by atoms with Crippen molar-refractivity contribution in [3.63, 3.8) is 0 Å². The van der Waals surface area contributed by atoms with Gasteiger partial charge in [0.05, 0.1) is 4.91 Å². The van der Waals surface area contributed by atoms with Gasteiger partial charge in [0.2, 0.25) is 0 Å². The van der Waals surface area contributed by atoms with E-state index in [1.165, 1.54) is 4.90 Å². The molecule has 1 aromatic rings. The van der Waals surface area contributed by atoms with Gasteiger partial charge in [0.25, 0.3) is 11.1 Å². The van der Waals surface area contributed by atoms with Crippen LogP contribution < -0.4 is 0 Å². The molecule has 0 unspecified atom stereocenters. The summed E-state index contributed by atoms with van der Waals surface area (Å²) in [6.45, 7) is 4.14. The molecule has 98 valence electrons. The molecule has 0 saturated carbocycles. The Bertz CT molecular complexity index is 561. The van der Waals surface area contributed by atoms with Crippen molar-refractivity contribution in [1.82, 2.24) is 4.90 Å². The van der Waals surface area contributed by atoms with Crippen LogP contribution in [-0.4, -0.2) is 22.6 Å². The van der Waals surface area contributed by atoms with Crippen LogP contribution in [0.3, 0.4) is 0 Å². The Morgan fingerprint density at radius 3 is 2.53 bits per heavy atom. The lowest BCUT2D eigenvalue weighted by atomic mass is 10.1. The monoisotopic (exact) mass is 273 g/mol. The smallest absolute Gasteiger partial charge is 0.269 e. The van der Waals surface area contributed by atoms with Crippen LogP contribution in [0.5, 0.6) is 0 Å². The number of rotatable bonds is 3. The number of thioether (sulfide) groups is 1. The molecule has 1 fully saturated rings. The molecule has 0 N–H and O–H groups in total. The van der Waals surface area contributed by atoms with E-state index in [9.17, 15) is 9.59 Å². The van der Waals surface area contributed by atoms with Gasteiger partial charge >= 0.3 is 0 Å². The molecule has 1 heterocycles. The van der Waals surface area contributed by atoms with E-state index in [2.05, 4.69) is 0 Å². The van der Waals surface area contributed by atoms with E-state index in [1.54, 1.807) is 13.0 Å².